The van der Waals surface area contributed by atoms with E-state index < -0.39 is 0 Å². The zero-order valence-electron chi connectivity index (χ0n) is 11.0. The van der Waals surface area contributed by atoms with Crippen LogP contribution in [-0.2, 0) is 6.54 Å². The molecular formula is C16H13ClN2O. The molecule has 1 aromatic heterocycles. The number of Topliss-reactive ketones (excluding diaryl/α,β-unsaturated/α-hetero) is 1. The molecule has 1 heterocycles. The van der Waals surface area contributed by atoms with Crippen LogP contribution < -0.4 is 0 Å². The highest BCUT2D eigenvalue weighted by Crippen LogP contribution is 2.18. The number of benzene rings is 2. The van der Waals surface area contributed by atoms with Gasteiger partial charge in [-0.15, -0.1) is 0 Å². The van der Waals surface area contributed by atoms with E-state index in [4.69, 9.17) is 11.6 Å². The maximum Gasteiger partial charge on any atom is 0.182 e. The summed E-state index contributed by atoms with van der Waals surface area (Å²) in [7, 11) is 0. The molecule has 0 spiro atoms. The van der Waals surface area contributed by atoms with Crippen molar-refractivity contribution in [3.05, 3.63) is 64.9 Å². The number of aryl methyl sites for hydroxylation is 1. The summed E-state index contributed by atoms with van der Waals surface area (Å²) in [6.07, 6.45) is 1.69. The largest absolute Gasteiger partial charge is 0.323 e. The Morgan fingerprint density at radius 3 is 2.85 bits per heavy atom. The molecule has 4 heteroatoms. The van der Waals surface area contributed by atoms with Gasteiger partial charge in [-0.05, 0) is 30.7 Å². The first-order valence-corrected chi connectivity index (χ1v) is 6.72. The number of rotatable bonds is 3. The van der Waals surface area contributed by atoms with Crippen LogP contribution in [0.15, 0.2) is 48.8 Å². The van der Waals surface area contributed by atoms with Gasteiger partial charge in [0, 0.05) is 10.6 Å². The Kier molecular flexibility index (Phi) is 3.28. The summed E-state index contributed by atoms with van der Waals surface area (Å²) in [6, 6.07) is 13.1. The van der Waals surface area contributed by atoms with Gasteiger partial charge in [-0.2, -0.15) is 0 Å². The van der Waals surface area contributed by atoms with Crippen LogP contribution in [-0.4, -0.2) is 15.3 Å². The van der Waals surface area contributed by atoms with Crippen LogP contribution >= 0.6 is 11.6 Å². The molecule has 0 bridgehead atoms. The van der Waals surface area contributed by atoms with Gasteiger partial charge in [-0.3, -0.25) is 4.79 Å². The molecule has 0 aliphatic carbocycles. The molecule has 0 N–H and O–H groups in total. The molecule has 0 amide bonds. The smallest absolute Gasteiger partial charge is 0.182 e. The molecule has 0 saturated heterocycles. The molecule has 20 heavy (non-hydrogen) atoms. The molecule has 100 valence electrons. The van der Waals surface area contributed by atoms with E-state index in [1.807, 2.05) is 47.9 Å². The van der Waals surface area contributed by atoms with Gasteiger partial charge in [0.25, 0.3) is 0 Å². The standard InChI is InChI=1S/C16H13ClN2O/c1-11-6-7-12(8-13(11)17)16(20)9-19-10-18-14-4-2-3-5-15(14)19/h2-8,10H,9H2,1H3. The molecule has 0 aliphatic heterocycles. The molecule has 2 aromatic carbocycles. The second kappa shape index (κ2) is 5.10. The van der Waals surface area contributed by atoms with Crippen molar-refractivity contribution in [2.24, 2.45) is 0 Å². The van der Waals surface area contributed by atoms with Crippen LogP contribution in [0.3, 0.4) is 0 Å². The number of nitrogens with zero attached hydrogens (tertiary/aromatic N) is 2. The number of carbonyl (C=O) groups excluding carboxylic acids is 1. The number of imidazole rings is 1. The first kappa shape index (κ1) is 12.9. The average Bonchev–Trinajstić information content (AvgIpc) is 2.85. The highest BCUT2D eigenvalue weighted by atomic mass is 35.5. The molecule has 3 aromatic rings. The third kappa shape index (κ3) is 2.32. The van der Waals surface area contributed by atoms with Crippen LogP contribution in [0, 0.1) is 6.92 Å². The molecule has 0 aliphatic rings. The highest BCUT2D eigenvalue weighted by molar-refractivity contribution is 6.31. The number of carbonyl (C=O) groups is 1. The third-order valence-electron chi connectivity index (χ3n) is 3.34. The van der Waals surface area contributed by atoms with Gasteiger partial charge >= 0.3 is 0 Å². The first-order valence-electron chi connectivity index (χ1n) is 6.34. The lowest BCUT2D eigenvalue weighted by atomic mass is 10.1. The molecule has 0 atom stereocenters. The van der Waals surface area contributed by atoms with Crippen LogP contribution in [0.4, 0.5) is 0 Å². The lowest BCUT2D eigenvalue weighted by Gasteiger charge is -2.05. The zero-order valence-corrected chi connectivity index (χ0v) is 11.8. The summed E-state index contributed by atoms with van der Waals surface area (Å²) in [5.41, 5.74) is 3.44. The number of ketones is 1. The van der Waals surface area contributed by atoms with E-state index in [2.05, 4.69) is 4.98 Å². The van der Waals surface area contributed by atoms with Crippen molar-refractivity contribution in [3.8, 4) is 0 Å². The van der Waals surface area contributed by atoms with Crippen molar-refractivity contribution in [2.75, 3.05) is 0 Å². The van der Waals surface area contributed by atoms with E-state index in [9.17, 15) is 4.79 Å². The van der Waals surface area contributed by atoms with Gasteiger partial charge in [-0.1, -0.05) is 35.9 Å². The summed E-state index contributed by atoms with van der Waals surface area (Å²) in [4.78, 5) is 16.6. The fourth-order valence-electron chi connectivity index (χ4n) is 2.15. The Morgan fingerprint density at radius 1 is 1.25 bits per heavy atom. The number of para-hydroxylation sites is 2. The van der Waals surface area contributed by atoms with Gasteiger partial charge in [-0.25, -0.2) is 4.98 Å². The van der Waals surface area contributed by atoms with E-state index in [1.165, 1.54) is 0 Å². The lowest BCUT2D eigenvalue weighted by molar-refractivity contribution is 0.0973. The van der Waals surface area contributed by atoms with Gasteiger partial charge in [0.05, 0.1) is 23.9 Å². The quantitative estimate of drug-likeness (QED) is 0.684. The summed E-state index contributed by atoms with van der Waals surface area (Å²) in [5.74, 6) is 0.0232. The maximum atomic E-state index is 12.3. The number of hydrogen-bond acceptors (Lipinski definition) is 2. The second-order valence-electron chi connectivity index (χ2n) is 4.75. The molecule has 3 nitrogen and oxygen atoms in total. The minimum Gasteiger partial charge on any atom is -0.323 e. The number of halogens is 1. The summed E-state index contributed by atoms with van der Waals surface area (Å²) >= 11 is 6.06. The minimum atomic E-state index is 0.0232. The Hall–Kier alpha value is -2.13. The minimum absolute atomic E-state index is 0.0232. The SMILES string of the molecule is Cc1ccc(C(=O)Cn2cnc3ccccc32)cc1Cl. The van der Waals surface area contributed by atoms with Crippen molar-refractivity contribution >= 4 is 28.4 Å². The molecule has 0 radical (unpaired) electrons. The van der Waals surface area contributed by atoms with Crippen molar-refractivity contribution in [3.63, 3.8) is 0 Å². The van der Waals surface area contributed by atoms with Crippen LogP contribution in [0.25, 0.3) is 11.0 Å². The lowest BCUT2D eigenvalue weighted by Crippen LogP contribution is -2.09. The van der Waals surface area contributed by atoms with Gasteiger partial charge in [0.1, 0.15) is 0 Å². The number of hydrogen-bond donors (Lipinski definition) is 0. The van der Waals surface area contributed by atoms with Crippen LogP contribution in [0.5, 0.6) is 0 Å². The summed E-state index contributed by atoms with van der Waals surface area (Å²) in [6.45, 7) is 2.18. The first-order chi connectivity index (χ1) is 9.65. The zero-order chi connectivity index (χ0) is 14.1. The summed E-state index contributed by atoms with van der Waals surface area (Å²) < 4.78 is 1.85. The van der Waals surface area contributed by atoms with E-state index >= 15 is 0 Å². The second-order valence-corrected chi connectivity index (χ2v) is 5.16. The monoisotopic (exact) mass is 284 g/mol. The molecule has 0 saturated carbocycles. The Morgan fingerprint density at radius 2 is 2.05 bits per heavy atom. The Balaban J connectivity index is 1.90. The van der Waals surface area contributed by atoms with E-state index in [0.29, 0.717) is 10.6 Å². The normalized spacial score (nSPS) is 10.9. The summed E-state index contributed by atoms with van der Waals surface area (Å²) in [5, 5.41) is 0.617. The van der Waals surface area contributed by atoms with Gasteiger partial charge in [0.2, 0.25) is 0 Å². The predicted octanol–water partition coefficient (Wildman–Crippen LogP) is 3.88. The third-order valence-corrected chi connectivity index (χ3v) is 3.74. The topological polar surface area (TPSA) is 34.9 Å². The molecular weight excluding hydrogens is 272 g/mol. The van der Waals surface area contributed by atoms with Crippen molar-refractivity contribution in [1.82, 2.24) is 9.55 Å². The Bertz CT molecular complexity index is 792. The average molecular weight is 285 g/mol. The fourth-order valence-corrected chi connectivity index (χ4v) is 2.33. The highest BCUT2D eigenvalue weighted by Gasteiger charge is 2.10. The maximum absolute atomic E-state index is 12.3. The fraction of sp³-hybridized carbons (Fsp3) is 0.125. The van der Waals surface area contributed by atoms with E-state index in [1.54, 1.807) is 12.4 Å². The van der Waals surface area contributed by atoms with Crippen molar-refractivity contribution in [1.29, 1.82) is 0 Å². The van der Waals surface area contributed by atoms with Crippen molar-refractivity contribution < 1.29 is 4.79 Å². The molecule has 0 unspecified atom stereocenters. The van der Waals surface area contributed by atoms with Crippen LogP contribution in [0.2, 0.25) is 5.02 Å². The molecule has 3 rings (SSSR count). The van der Waals surface area contributed by atoms with Crippen molar-refractivity contribution in [2.45, 2.75) is 13.5 Å². The molecule has 0 fully saturated rings. The van der Waals surface area contributed by atoms with Gasteiger partial charge < -0.3 is 4.57 Å². The van der Waals surface area contributed by atoms with E-state index in [-0.39, 0.29) is 12.3 Å². The van der Waals surface area contributed by atoms with E-state index in [0.717, 1.165) is 16.6 Å². The number of aromatic nitrogens is 2. The predicted molar refractivity (Wildman–Crippen MR) is 80.3 cm³/mol. The van der Waals surface area contributed by atoms with Crippen LogP contribution in [0.1, 0.15) is 15.9 Å². The number of fused-ring (bicyclic) bond motifs is 1. The Labute approximate surface area is 121 Å². The van der Waals surface area contributed by atoms with Gasteiger partial charge in [0.15, 0.2) is 5.78 Å².